The van der Waals surface area contributed by atoms with Crippen LogP contribution in [0.1, 0.15) is 5.56 Å². The van der Waals surface area contributed by atoms with Gasteiger partial charge < -0.3 is 10.1 Å². The minimum Gasteiger partial charge on any atom is -0.435 e. The predicted octanol–water partition coefficient (Wildman–Crippen LogP) is 4.18. The third-order valence-electron chi connectivity index (χ3n) is 2.55. The predicted molar refractivity (Wildman–Crippen MR) is 66.8 cm³/mol. The van der Waals surface area contributed by atoms with Crippen LogP contribution >= 0.6 is 0 Å². The van der Waals surface area contributed by atoms with Gasteiger partial charge in [-0.05, 0) is 30.3 Å². The zero-order valence-corrected chi connectivity index (χ0v) is 10.2. The van der Waals surface area contributed by atoms with Gasteiger partial charge in [0.2, 0.25) is 0 Å². The van der Waals surface area contributed by atoms with Crippen LogP contribution in [0.3, 0.4) is 0 Å². The zero-order valence-electron chi connectivity index (χ0n) is 10.2. The Balaban J connectivity index is 2.05. The summed E-state index contributed by atoms with van der Waals surface area (Å²) in [6.45, 7) is -2.88. The van der Waals surface area contributed by atoms with Gasteiger partial charge in [0.05, 0.1) is 0 Å². The Labute approximate surface area is 113 Å². The topological polar surface area (TPSA) is 21.3 Å². The van der Waals surface area contributed by atoms with Gasteiger partial charge in [-0.1, -0.05) is 6.07 Å². The van der Waals surface area contributed by atoms with Gasteiger partial charge in [0.25, 0.3) is 0 Å². The normalized spacial score (nSPS) is 10.7. The summed E-state index contributed by atoms with van der Waals surface area (Å²) in [5.41, 5.74) is 0.608. The third-order valence-corrected chi connectivity index (χ3v) is 2.55. The summed E-state index contributed by atoms with van der Waals surface area (Å²) in [6.07, 6.45) is 0. The molecular weight excluding hydrogens is 274 g/mol. The van der Waals surface area contributed by atoms with Gasteiger partial charge in [-0.2, -0.15) is 8.78 Å². The molecule has 0 aliphatic carbocycles. The summed E-state index contributed by atoms with van der Waals surface area (Å²) in [6, 6.07) is 8.97. The van der Waals surface area contributed by atoms with Crippen LogP contribution in [0.5, 0.6) is 5.75 Å². The van der Waals surface area contributed by atoms with E-state index in [-0.39, 0.29) is 17.9 Å². The van der Waals surface area contributed by atoms with E-state index in [0.717, 1.165) is 18.2 Å². The second-order valence-corrected chi connectivity index (χ2v) is 4.00. The van der Waals surface area contributed by atoms with Crippen molar-refractivity contribution in [1.82, 2.24) is 0 Å². The van der Waals surface area contributed by atoms with Crippen LogP contribution in [0.25, 0.3) is 0 Å². The van der Waals surface area contributed by atoms with Gasteiger partial charge in [-0.15, -0.1) is 0 Å². The highest BCUT2D eigenvalue weighted by molar-refractivity contribution is 5.48. The van der Waals surface area contributed by atoms with Crippen LogP contribution in [0, 0.1) is 11.6 Å². The van der Waals surface area contributed by atoms with Crippen molar-refractivity contribution < 1.29 is 22.3 Å². The van der Waals surface area contributed by atoms with Gasteiger partial charge in [0.1, 0.15) is 17.4 Å². The summed E-state index contributed by atoms with van der Waals surface area (Å²) >= 11 is 0. The molecule has 0 amide bonds. The zero-order chi connectivity index (χ0) is 14.5. The molecule has 0 aliphatic rings. The van der Waals surface area contributed by atoms with E-state index >= 15 is 0 Å². The lowest BCUT2D eigenvalue weighted by atomic mass is 10.2. The Kier molecular flexibility index (Phi) is 4.45. The highest BCUT2D eigenvalue weighted by atomic mass is 19.3. The number of anilines is 1. The molecule has 2 nitrogen and oxygen atoms in total. The molecule has 20 heavy (non-hydrogen) atoms. The van der Waals surface area contributed by atoms with Crippen molar-refractivity contribution in [1.29, 1.82) is 0 Å². The molecule has 1 N–H and O–H groups in total. The van der Waals surface area contributed by atoms with Crippen molar-refractivity contribution in [3.05, 3.63) is 59.7 Å². The molecule has 2 aromatic rings. The molecule has 0 heterocycles. The van der Waals surface area contributed by atoms with E-state index in [2.05, 4.69) is 10.1 Å². The summed E-state index contributed by atoms with van der Waals surface area (Å²) in [5, 5.41) is 2.81. The molecule has 0 saturated heterocycles. The average molecular weight is 285 g/mol. The van der Waals surface area contributed by atoms with Crippen molar-refractivity contribution in [3.63, 3.8) is 0 Å². The fourth-order valence-electron chi connectivity index (χ4n) is 1.66. The molecule has 0 radical (unpaired) electrons. The first-order valence-corrected chi connectivity index (χ1v) is 5.77. The highest BCUT2D eigenvalue weighted by Crippen LogP contribution is 2.20. The Morgan fingerprint density at radius 3 is 2.60 bits per heavy atom. The lowest BCUT2D eigenvalue weighted by molar-refractivity contribution is -0.0498. The second kappa shape index (κ2) is 6.27. The maximum absolute atomic E-state index is 13.4. The van der Waals surface area contributed by atoms with Crippen LogP contribution in [0.2, 0.25) is 0 Å². The molecule has 106 valence electrons. The molecule has 0 aliphatic heterocycles. The lowest BCUT2D eigenvalue weighted by Crippen LogP contribution is -2.04. The van der Waals surface area contributed by atoms with Crippen LogP contribution in [0.4, 0.5) is 23.2 Å². The molecule has 2 aromatic carbocycles. The number of hydrogen-bond donors (Lipinski definition) is 1. The minimum atomic E-state index is -2.91. The first-order valence-electron chi connectivity index (χ1n) is 5.77. The lowest BCUT2D eigenvalue weighted by Gasteiger charge is -2.10. The molecule has 2 rings (SSSR count). The molecule has 0 spiro atoms. The van der Waals surface area contributed by atoms with Gasteiger partial charge in [0, 0.05) is 23.9 Å². The van der Waals surface area contributed by atoms with Crippen LogP contribution in [-0.4, -0.2) is 6.61 Å². The van der Waals surface area contributed by atoms with Crippen LogP contribution < -0.4 is 10.1 Å². The molecule has 0 atom stereocenters. The van der Waals surface area contributed by atoms with E-state index in [0.29, 0.717) is 5.69 Å². The number of halogens is 4. The molecule has 0 fully saturated rings. The SMILES string of the molecule is Fc1ccc(F)c(CNc2cccc(OC(F)F)c2)c1. The first-order chi connectivity index (χ1) is 9.54. The molecule has 0 aromatic heterocycles. The van der Waals surface area contributed by atoms with Crippen molar-refractivity contribution in [2.45, 2.75) is 13.2 Å². The first kappa shape index (κ1) is 14.2. The average Bonchev–Trinajstić information content (AvgIpc) is 2.39. The van der Waals surface area contributed by atoms with Gasteiger partial charge >= 0.3 is 6.61 Å². The molecule has 6 heteroatoms. The summed E-state index contributed by atoms with van der Waals surface area (Å²) in [5.74, 6) is -1.10. The minimum absolute atomic E-state index is 0.00952. The van der Waals surface area contributed by atoms with E-state index in [4.69, 9.17) is 0 Å². The van der Waals surface area contributed by atoms with E-state index in [1.807, 2.05) is 0 Å². The number of benzene rings is 2. The highest BCUT2D eigenvalue weighted by Gasteiger charge is 2.06. The Hall–Kier alpha value is -2.24. The van der Waals surface area contributed by atoms with Crippen molar-refractivity contribution >= 4 is 5.69 Å². The second-order valence-electron chi connectivity index (χ2n) is 4.00. The van der Waals surface area contributed by atoms with Crippen molar-refractivity contribution in [3.8, 4) is 5.75 Å². The van der Waals surface area contributed by atoms with Crippen LogP contribution in [-0.2, 0) is 6.54 Å². The summed E-state index contributed by atoms with van der Waals surface area (Å²) in [4.78, 5) is 0. The number of nitrogens with one attached hydrogen (secondary N) is 1. The van der Waals surface area contributed by atoms with Gasteiger partial charge in [-0.25, -0.2) is 8.78 Å². The number of ether oxygens (including phenoxy) is 1. The standard InChI is InChI=1S/C14H11F4NO/c15-10-4-5-13(16)9(6-10)8-19-11-2-1-3-12(7-11)20-14(17)18/h1-7,14,19H,8H2. The van der Waals surface area contributed by atoms with E-state index in [1.165, 1.54) is 18.2 Å². The number of rotatable bonds is 5. The molecule has 0 bridgehead atoms. The third kappa shape index (κ3) is 3.88. The monoisotopic (exact) mass is 285 g/mol. The largest absolute Gasteiger partial charge is 0.435 e. The Morgan fingerprint density at radius 2 is 1.85 bits per heavy atom. The number of hydrogen-bond acceptors (Lipinski definition) is 2. The van der Waals surface area contributed by atoms with Crippen molar-refractivity contribution in [2.75, 3.05) is 5.32 Å². The maximum Gasteiger partial charge on any atom is 0.387 e. The quantitative estimate of drug-likeness (QED) is 0.832. The van der Waals surface area contributed by atoms with Crippen molar-refractivity contribution in [2.24, 2.45) is 0 Å². The molecule has 0 unspecified atom stereocenters. The van der Waals surface area contributed by atoms with E-state index < -0.39 is 18.2 Å². The Bertz CT molecular complexity index is 589. The summed E-state index contributed by atoms with van der Waals surface area (Å²) < 4.78 is 54.8. The van der Waals surface area contributed by atoms with Crippen LogP contribution in [0.15, 0.2) is 42.5 Å². The fraction of sp³-hybridized carbons (Fsp3) is 0.143. The Morgan fingerprint density at radius 1 is 1.05 bits per heavy atom. The maximum atomic E-state index is 13.4. The number of alkyl halides is 2. The van der Waals surface area contributed by atoms with Gasteiger partial charge in [-0.3, -0.25) is 0 Å². The molecular formula is C14H11F4NO. The van der Waals surface area contributed by atoms with E-state index in [1.54, 1.807) is 6.07 Å². The molecule has 0 saturated carbocycles. The van der Waals surface area contributed by atoms with Gasteiger partial charge in [0.15, 0.2) is 0 Å². The summed E-state index contributed by atoms with van der Waals surface area (Å²) in [7, 11) is 0. The smallest absolute Gasteiger partial charge is 0.387 e. The fourth-order valence-corrected chi connectivity index (χ4v) is 1.66. The van der Waals surface area contributed by atoms with E-state index in [9.17, 15) is 17.6 Å².